The molecule has 0 aromatic carbocycles. The van der Waals surface area contributed by atoms with Crippen LogP contribution in [0.15, 0.2) is 0 Å². The summed E-state index contributed by atoms with van der Waals surface area (Å²) in [4.78, 5) is 0. The zero-order valence-electron chi connectivity index (χ0n) is 10.9. The summed E-state index contributed by atoms with van der Waals surface area (Å²) in [6, 6.07) is 1.05. The Balaban J connectivity index is 4.38. The van der Waals surface area contributed by atoms with E-state index >= 15 is 0 Å². The Hall–Kier alpha value is -0.0800. The molecule has 0 aliphatic rings. The van der Waals surface area contributed by atoms with E-state index in [1.807, 2.05) is 0 Å². The summed E-state index contributed by atoms with van der Waals surface area (Å²) in [5.41, 5.74) is 0.300. The molecule has 0 fully saturated rings. The Morgan fingerprint density at radius 1 is 0.929 bits per heavy atom. The van der Waals surface area contributed by atoms with Gasteiger partial charge in [0.15, 0.2) is 0 Å². The van der Waals surface area contributed by atoms with Gasteiger partial charge < -0.3 is 0 Å². The molecule has 0 amide bonds. The molecule has 0 aromatic rings. The van der Waals surface area contributed by atoms with Gasteiger partial charge in [0.25, 0.3) is 0 Å². The fraction of sp³-hybridized carbons (Fsp3) is 1.00. The fourth-order valence-electron chi connectivity index (χ4n) is 1.37. The molecule has 2 heteroatoms. The van der Waals surface area contributed by atoms with Crippen molar-refractivity contribution in [3.8, 4) is 0 Å². The molecule has 14 heavy (non-hydrogen) atoms. The second kappa shape index (κ2) is 5.72. The summed E-state index contributed by atoms with van der Waals surface area (Å²) < 4.78 is 0. The van der Waals surface area contributed by atoms with Crippen LogP contribution in [0.4, 0.5) is 0 Å². The summed E-state index contributed by atoms with van der Waals surface area (Å²) in [5.74, 6) is 0. The van der Waals surface area contributed by atoms with Crippen LogP contribution >= 0.6 is 0 Å². The molecule has 2 N–H and O–H groups in total. The average Bonchev–Trinajstić information content (AvgIpc) is 2.01. The van der Waals surface area contributed by atoms with Crippen molar-refractivity contribution in [3.63, 3.8) is 0 Å². The minimum atomic E-state index is 0.300. The van der Waals surface area contributed by atoms with Gasteiger partial charge >= 0.3 is 0 Å². The van der Waals surface area contributed by atoms with Gasteiger partial charge in [0, 0.05) is 12.1 Å². The van der Waals surface area contributed by atoms with E-state index in [0.29, 0.717) is 23.7 Å². The maximum absolute atomic E-state index is 3.59. The monoisotopic (exact) mass is 200 g/mol. The standard InChI is InChI=1S/C12H28N2/c1-8-12(6,7)11(13-9(2)3)14-10(4)5/h9-11,13-14H,8H2,1-7H3. The third kappa shape index (κ3) is 4.97. The summed E-state index contributed by atoms with van der Waals surface area (Å²) >= 11 is 0. The van der Waals surface area contributed by atoms with Gasteiger partial charge in [-0.1, -0.05) is 20.8 Å². The summed E-state index contributed by atoms with van der Waals surface area (Å²) in [5, 5.41) is 7.18. The van der Waals surface area contributed by atoms with Crippen molar-refractivity contribution in [2.24, 2.45) is 5.41 Å². The minimum Gasteiger partial charge on any atom is -0.299 e. The molecule has 86 valence electrons. The number of hydrogen-bond acceptors (Lipinski definition) is 2. The molecular weight excluding hydrogens is 172 g/mol. The van der Waals surface area contributed by atoms with E-state index in [1.54, 1.807) is 0 Å². The lowest BCUT2D eigenvalue weighted by Crippen LogP contribution is -2.56. The van der Waals surface area contributed by atoms with E-state index in [9.17, 15) is 0 Å². The lowest BCUT2D eigenvalue weighted by Gasteiger charge is -2.37. The Bertz CT molecular complexity index is 140. The Labute approximate surface area is 89.9 Å². The number of nitrogens with one attached hydrogen (secondary N) is 2. The molecule has 0 spiro atoms. The molecule has 0 saturated carbocycles. The van der Waals surface area contributed by atoms with Crippen LogP contribution in [0.2, 0.25) is 0 Å². The molecule has 0 bridgehead atoms. The maximum atomic E-state index is 3.59. The first-order chi connectivity index (χ1) is 6.29. The molecule has 0 rings (SSSR count). The summed E-state index contributed by atoms with van der Waals surface area (Å²) in [6.07, 6.45) is 1.57. The average molecular weight is 200 g/mol. The van der Waals surface area contributed by atoms with Gasteiger partial charge in [0.2, 0.25) is 0 Å². The fourth-order valence-corrected chi connectivity index (χ4v) is 1.37. The highest BCUT2D eigenvalue weighted by atomic mass is 15.2. The topological polar surface area (TPSA) is 24.1 Å². The Morgan fingerprint density at radius 2 is 1.29 bits per heavy atom. The van der Waals surface area contributed by atoms with Crippen LogP contribution in [0.5, 0.6) is 0 Å². The molecule has 2 nitrogen and oxygen atoms in total. The van der Waals surface area contributed by atoms with Gasteiger partial charge in [0.05, 0.1) is 6.17 Å². The van der Waals surface area contributed by atoms with Gasteiger partial charge in [-0.05, 0) is 39.5 Å². The van der Waals surface area contributed by atoms with Crippen molar-refractivity contribution in [2.45, 2.75) is 73.1 Å². The predicted molar refractivity (Wildman–Crippen MR) is 64.4 cm³/mol. The maximum Gasteiger partial charge on any atom is 0.0628 e. The van der Waals surface area contributed by atoms with Crippen LogP contribution in [0.25, 0.3) is 0 Å². The van der Waals surface area contributed by atoms with Crippen LogP contribution in [0.3, 0.4) is 0 Å². The second-order valence-electron chi connectivity index (χ2n) is 5.42. The highest BCUT2D eigenvalue weighted by molar-refractivity contribution is 4.83. The summed E-state index contributed by atoms with van der Waals surface area (Å²) in [6.45, 7) is 15.6. The zero-order valence-corrected chi connectivity index (χ0v) is 10.9. The highest BCUT2D eigenvalue weighted by Gasteiger charge is 2.28. The first-order valence-electron chi connectivity index (χ1n) is 5.81. The van der Waals surface area contributed by atoms with Crippen molar-refractivity contribution >= 4 is 0 Å². The van der Waals surface area contributed by atoms with Crippen LogP contribution in [-0.4, -0.2) is 18.2 Å². The van der Waals surface area contributed by atoms with Crippen molar-refractivity contribution in [1.82, 2.24) is 10.6 Å². The van der Waals surface area contributed by atoms with Crippen molar-refractivity contribution < 1.29 is 0 Å². The SMILES string of the molecule is CCC(C)(C)C(NC(C)C)NC(C)C. The largest absolute Gasteiger partial charge is 0.299 e. The van der Waals surface area contributed by atoms with Crippen molar-refractivity contribution in [2.75, 3.05) is 0 Å². The third-order valence-electron chi connectivity index (χ3n) is 2.69. The van der Waals surface area contributed by atoms with E-state index in [0.717, 1.165) is 0 Å². The molecule has 0 saturated heterocycles. The number of rotatable bonds is 6. The first kappa shape index (κ1) is 13.9. The van der Waals surface area contributed by atoms with Crippen molar-refractivity contribution in [1.29, 1.82) is 0 Å². The Morgan fingerprint density at radius 3 is 1.50 bits per heavy atom. The van der Waals surface area contributed by atoms with E-state index < -0.39 is 0 Å². The van der Waals surface area contributed by atoms with E-state index in [-0.39, 0.29) is 0 Å². The minimum absolute atomic E-state index is 0.300. The summed E-state index contributed by atoms with van der Waals surface area (Å²) in [7, 11) is 0. The van der Waals surface area contributed by atoms with Gasteiger partial charge in [-0.3, -0.25) is 10.6 Å². The molecule has 0 atom stereocenters. The van der Waals surface area contributed by atoms with Gasteiger partial charge in [-0.2, -0.15) is 0 Å². The van der Waals surface area contributed by atoms with Gasteiger partial charge in [-0.15, -0.1) is 0 Å². The first-order valence-corrected chi connectivity index (χ1v) is 5.81. The normalized spacial score (nSPS) is 13.3. The molecule has 0 aliphatic heterocycles. The molecule has 0 unspecified atom stereocenters. The van der Waals surface area contributed by atoms with E-state index in [1.165, 1.54) is 6.42 Å². The van der Waals surface area contributed by atoms with E-state index in [2.05, 4.69) is 59.1 Å². The number of hydrogen-bond donors (Lipinski definition) is 2. The van der Waals surface area contributed by atoms with Crippen LogP contribution in [0, 0.1) is 5.41 Å². The third-order valence-corrected chi connectivity index (χ3v) is 2.69. The molecule has 0 aromatic heterocycles. The predicted octanol–water partition coefficient (Wildman–Crippen LogP) is 2.74. The van der Waals surface area contributed by atoms with Crippen LogP contribution < -0.4 is 10.6 Å². The van der Waals surface area contributed by atoms with Gasteiger partial charge in [-0.25, -0.2) is 0 Å². The highest BCUT2D eigenvalue weighted by Crippen LogP contribution is 2.23. The smallest absolute Gasteiger partial charge is 0.0628 e. The quantitative estimate of drug-likeness (QED) is 0.644. The molecular formula is C12H28N2. The lowest BCUT2D eigenvalue weighted by atomic mass is 9.85. The Kier molecular flexibility index (Phi) is 5.68. The molecule has 0 heterocycles. The van der Waals surface area contributed by atoms with Crippen LogP contribution in [-0.2, 0) is 0 Å². The molecule has 0 aliphatic carbocycles. The van der Waals surface area contributed by atoms with E-state index in [4.69, 9.17) is 0 Å². The van der Waals surface area contributed by atoms with Crippen molar-refractivity contribution in [3.05, 3.63) is 0 Å². The zero-order chi connectivity index (χ0) is 11.4. The van der Waals surface area contributed by atoms with Crippen LogP contribution in [0.1, 0.15) is 54.9 Å². The second-order valence-corrected chi connectivity index (χ2v) is 5.42. The lowest BCUT2D eigenvalue weighted by molar-refractivity contribution is 0.174. The van der Waals surface area contributed by atoms with Gasteiger partial charge in [0.1, 0.15) is 0 Å². The molecule has 0 radical (unpaired) electrons.